The van der Waals surface area contributed by atoms with Gasteiger partial charge >= 0.3 is 5.69 Å². The van der Waals surface area contributed by atoms with E-state index in [0.717, 1.165) is 21.0 Å². The number of rotatable bonds is 7. The van der Waals surface area contributed by atoms with Crippen LogP contribution < -0.4 is 20.7 Å². The van der Waals surface area contributed by atoms with Crippen LogP contribution in [0.1, 0.15) is 11.1 Å². The van der Waals surface area contributed by atoms with Crippen molar-refractivity contribution in [3.05, 3.63) is 80.6 Å². The van der Waals surface area contributed by atoms with Gasteiger partial charge in [0, 0.05) is 35.9 Å². The third-order valence-electron chi connectivity index (χ3n) is 5.15. The monoisotopic (exact) mass is 434 g/mol. The highest BCUT2D eigenvalue weighted by Gasteiger charge is 2.18. The Morgan fingerprint density at radius 1 is 1.12 bits per heavy atom. The van der Waals surface area contributed by atoms with Gasteiger partial charge in [0.05, 0.1) is 19.9 Å². The van der Waals surface area contributed by atoms with Crippen molar-refractivity contribution >= 4 is 17.1 Å². The van der Waals surface area contributed by atoms with Gasteiger partial charge in [0.25, 0.3) is 5.56 Å². The Labute approximate surface area is 182 Å². The van der Waals surface area contributed by atoms with Crippen LogP contribution in [0.25, 0.3) is 16.6 Å². The SMILES string of the molecule is COc1ccc(OC)c(-n2c(O)c(C=NCCc3c[nH]c4ccccc34)c(=O)[nH]c2=O)c1. The molecule has 0 amide bonds. The van der Waals surface area contributed by atoms with Crippen LogP contribution in [0.4, 0.5) is 0 Å². The Hall–Kier alpha value is -4.27. The molecular formula is C23H22N4O5. The lowest BCUT2D eigenvalue weighted by molar-refractivity contribution is 0.393. The fraction of sp³-hybridized carbons (Fsp3) is 0.174. The number of hydrogen-bond acceptors (Lipinski definition) is 6. The van der Waals surface area contributed by atoms with Gasteiger partial charge in [-0.15, -0.1) is 0 Å². The fourth-order valence-corrected chi connectivity index (χ4v) is 3.53. The first-order valence-electron chi connectivity index (χ1n) is 9.89. The third-order valence-corrected chi connectivity index (χ3v) is 5.15. The quantitative estimate of drug-likeness (QED) is 0.386. The van der Waals surface area contributed by atoms with Gasteiger partial charge in [-0.1, -0.05) is 18.2 Å². The van der Waals surface area contributed by atoms with E-state index in [1.165, 1.54) is 26.5 Å². The second-order valence-corrected chi connectivity index (χ2v) is 7.01. The van der Waals surface area contributed by atoms with Crippen LogP contribution in [0.3, 0.4) is 0 Å². The van der Waals surface area contributed by atoms with Gasteiger partial charge in [-0.3, -0.25) is 14.8 Å². The Morgan fingerprint density at radius 2 is 1.94 bits per heavy atom. The molecule has 2 aromatic heterocycles. The smallest absolute Gasteiger partial charge is 0.335 e. The maximum absolute atomic E-state index is 12.5. The van der Waals surface area contributed by atoms with E-state index in [1.54, 1.807) is 12.1 Å². The molecule has 2 heterocycles. The number of aromatic hydroxyl groups is 1. The van der Waals surface area contributed by atoms with E-state index in [1.807, 2.05) is 30.5 Å². The molecule has 32 heavy (non-hydrogen) atoms. The number of aromatic nitrogens is 3. The third kappa shape index (κ3) is 3.87. The van der Waals surface area contributed by atoms with Crippen LogP contribution in [0.15, 0.2) is 63.2 Å². The van der Waals surface area contributed by atoms with Crippen molar-refractivity contribution in [2.45, 2.75) is 6.42 Å². The molecule has 4 rings (SSSR count). The highest BCUT2D eigenvalue weighted by molar-refractivity contribution is 5.84. The highest BCUT2D eigenvalue weighted by Crippen LogP contribution is 2.29. The minimum Gasteiger partial charge on any atom is -0.497 e. The van der Waals surface area contributed by atoms with E-state index in [9.17, 15) is 14.7 Å². The summed E-state index contributed by atoms with van der Waals surface area (Å²) in [5.74, 6) is 0.228. The first-order chi connectivity index (χ1) is 15.5. The Bertz CT molecular complexity index is 1410. The molecule has 3 N–H and O–H groups in total. The van der Waals surface area contributed by atoms with Crippen LogP contribution in [-0.2, 0) is 6.42 Å². The van der Waals surface area contributed by atoms with Gasteiger partial charge in [0.15, 0.2) is 0 Å². The number of nitrogens with zero attached hydrogens (tertiary/aromatic N) is 2. The lowest BCUT2D eigenvalue weighted by Crippen LogP contribution is -2.31. The topological polar surface area (TPSA) is 122 Å². The maximum Gasteiger partial charge on any atom is 0.335 e. The molecular weight excluding hydrogens is 412 g/mol. The maximum atomic E-state index is 12.5. The molecule has 0 aliphatic rings. The standard InChI is InChI=1S/C23H22N4O5/c1-31-15-7-8-20(32-2)19(11-15)27-22(29)17(21(28)26-23(27)30)13-24-10-9-14-12-25-18-6-4-3-5-16(14)18/h3-8,11-13,25,29H,9-10H2,1-2H3,(H,26,28,30). The Balaban J connectivity index is 1.66. The van der Waals surface area contributed by atoms with Crippen LogP contribution in [0.2, 0.25) is 0 Å². The number of H-pyrrole nitrogens is 2. The summed E-state index contributed by atoms with van der Waals surface area (Å²) >= 11 is 0. The van der Waals surface area contributed by atoms with Crippen molar-refractivity contribution in [1.29, 1.82) is 0 Å². The van der Waals surface area contributed by atoms with Crippen molar-refractivity contribution in [2.24, 2.45) is 4.99 Å². The number of para-hydroxylation sites is 1. The molecule has 0 saturated heterocycles. The summed E-state index contributed by atoms with van der Waals surface area (Å²) in [4.78, 5) is 34.6. The van der Waals surface area contributed by atoms with E-state index >= 15 is 0 Å². The van der Waals surface area contributed by atoms with Crippen LogP contribution in [0.5, 0.6) is 17.4 Å². The summed E-state index contributed by atoms with van der Waals surface area (Å²) in [5.41, 5.74) is 0.686. The summed E-state index contributed by atoms with van der Waals surface area (Å²) < 4.78 is 11.4. The Kier molecular flexibility index (Phi) is 5.80. The molecule has 0 saturated carbocycles. The number of methoxy groups -OCH3 is 2. The van der Waals surface area contributed by atoms with Crippen LogP contribution in [0, 0.1) is 0 Å². The van der Waals surface area contributed by atoms with Crippen molar-refractivity contribution in [1.82, 2.24) is 14.5 Å². The van der Waals surface area contributed by atoms with Crippen LogP contribution in [-0.4, -0.2) is 46.6 Å². The van der Waals surface area contributed by atoms with Gasteiger partial charge in [0.1, 0.15) is 17.1 Å². The number of benzene rings is 2. The summed E-state index contributed by atoms with van der Waals surface area (Å²) in [7, 11) is 2.92. The van der Waals surface area contributed by atoms with Gasteiger partial charge in [-0.2, -0.15) is 0 Å². The summed E-state index contributed by atoms with van der Waals surface area (Å²) in [5, 5.41) is 11.9. The largest absolute Gasteiger partial charge is 0.497 e. The van der Waals surface area contributed by atoms with E-state index in [-0.39, 0.29) is 11.3 Å². The molecule has 4 aromatic rings. The second-order valence-electron chi connectivity index (χ2n) is 7.01. The molecule has 0 bridgehead atoms. The average Bonchev–Trinajstić information content (AvgIpc) is 3.21. The van der Waals surface area contributed by atoms with Crippen molar-refractivity contribution < 1.29 is 14.6 Å². The number of aromatic amines is 2. The van der Waals surface area contributed by atoms with Gasteiger partial charge < -0.3 is 19.6 Å². The molecule has 2 aromatic carbocycles. The first-order valence-corrected chi connectivity index (χ1v) is 9.89. The first kappa shape index (κ1) is 21.0. The molecule has 0 aliphatic carbocycles. The van der Waals surface area contributed by atoms with E-state index in [0.29, 0.717) is 24.5 Å². The molecule has 0 aliphatic heterocycles. The molecule has 0 spiro atoms. The Morgan fingerprint density at radius 3 is 2.72 bits per heavy atom. The molecule has 9 nitrogen and oxygen atoms in total. The van der Waals surface area contributed by atoms with Crippen LogP contribution >= 0.6 is 0 Å². The number of hydrogen-bond donors (Lipinski definition) is 3. The predicted molar refractivity (Wildman–Crippen MR) is 122 cm³/mol. The number of fused-ring (bicyclic) bond motifs is 1. The number of ether oxygens (including phenoxy) is 2. The molecule has 0 fully saturated rings. The van der Waals surface area contributed by atoms with E-state index in [4.69, 9.17) is 9.47 Å². The lowest BCUT2D eigenvalue weighted by atomic mass is 10.1. The van der Waals surface area contributed by atoms with Crippen molar-refractivity contribution in [3.8, 4) is 23.1 Å². The van der Waals surface area contributed by atoms with Crippen molar-refractivity contribution in [3.63, 3.8) is 0 Å². The number of nitrogens with one attached hydrogen (secondary N) is 2. The van der Waals surface area contributed by atoms with Gasteiger partial charge in [-0.05, 0) is 30.2 Å². The minimum absolute atomic E-state index is 0.131. The van der Waals surface area contributed by atoms with Gasteiger partial charge in [0.2, 0.25) is 5.88 Å². The predicted octanol–water partition coefficient (Wildman–Crippen LogP) is 2.39. The minimum atomic E-state index is -0.810. The molecule has 9 heteroatoms. The second kappa shape index (κ2) is 8.84. The summed E-state index contributed by atoms with van der Waals surface area (Å²) in [6, 6.07) is 12.7. The zero-order chi connectivity index (χ0) is 22.7. The average molecular weight is 434 g/mol. The molecule has 0 unspecified atom stereocenters. The lowest BCUT2D eigenvalue weighted by Gasteiger charge is -2.14. The van der Waals surface area contributed by atoms with E-state index < -0.39 is 17.1 Å². The zero-order valence-corrected chi connectivity index (χ0v) is 17.6. The molecule has 0 atom stereocenters. The van der Waals surface area contributed by atoms with E-state index in [2.05, 4.69) is 15.0 Å². The summed E-state index contributed by atoms with van der Waals surface area (Å²) in [6.45, 7) is 0.391. The summed E-state index contributed by atoms with van der Waals surface area (Å²) in [6.07, 6.45) is 3.84. The normalized spacial score (nSPS) is 11.3. The molecule has 164 valence electrons. The number of aliphatic imine (C=N–C) groups is 1. The fourth-order valence-electron chi connectivity index (χ4n) is 3.53. The van der Waals surface area contributed by atoms with Crippen molar-refractivity contribution in [2.75, 3.05) is 20.8 Å². The zero-order valence-electron chi connectivity index (χ0n) is 17.6. The van der Waals surface area contributed by atoms with Gasteiger partial charge in [-0.25, -0.2) is 9.36 Å². The highest BCUT2D eigenvalue weighted by atomic mass is 16.5. The molecule has 0 radical (unpaired) electrons.